The molecule has 1 N–H and O–H groups in total. The Bertz CT molecular complexity index is 815. The van der Waals surface area contributed by atoms with Crippen molar-refractivity contribution in [2.24, 2.45) is 17.8 Å². The van der Waals surface area contributed by atoms with E-state index in [1.54, 1.807) is 0 Å². The van der Waals surface area contributed by atoms with E-state index in [4.69, 9.17) is 11.6 Å². The molecule has 1 aromatic heterocycles. The number of fused-ring (bicyclic) bond motifs is 1. The first-order valence-corrected chi connectivity index (χ1v) is 9.30. The number of rotatable bonds is 4. The highest BCUT2D eigenvalue weighted by Crippen LogP contribution is 2.59. The van der Waals surface area contributed by atoms with Crippen LogP contribution < -0.4 is 10.5 Å². The summed E-state index contributed by atoms with van der Waals surface area (Å²) in [6, 6.07) is 10.8. The van der Waals surface area contributed by atoms with E-state index < -0.39 is 0 Å². The number of H-pyrrole nitrogens is 1. The topological polar surface area (TPSA) is 36.1 Å². The molecule has 124 valence electrons. The van der Waals surface area contributed by atoms with Gasteiger partial charge in [0.05, 0.1) is 5.69 Å². The molecule has 2 atom stereocenters. The maximum atomic E-state index is 12.0. The minimum Gasteiger partial charge on any atom is -0.369 e. The van der Waals surface area contributed by atoms with Crippen LogP contribution in [0.1, 0.15) is 29.9 Å². The van der Waals surface area contributed by atoms with Crippen LogP contribution in [0, 0.1) is 17.8 Å². The van der Waals surface area contributed by atoms with E-state index in [0.29, 0.717) is 22.8 Å². The molecule has 2 aromatic rings. The van der Waals surface area contributed by atoms with Gasteiger partial charge in [-0.3, -0.25) is 4.79 Å². The van der Waals surface area contributed by atoms with E-state index >= 15 is 0 Å². The molecule has 1 aromatic carbocycles. The molecular formula is C20H21ClN2O. The number of pyridine rings is 1. The fourth-order valence-corrected chi connectivity index (χ4v) is 4.84. The van der Waals surface area contributed by atoms with Crippen LogP contribution in [0.25, 0.3) is 0 Å². The number of hydrogen-bond acceptors (Lipinski definition) is 2. The highest BCUT2D eigenvalue weighted by atomic mass is 35.5. The zero-order chi connectivity index (χ0) is 16.3. The third-order valence-electron chi connectivity index (χ3n) is 5.99. The summed E-state index contributed by atoms with van der Waals surface area (Å²) >= 11 is 6.41. The van der Waals surface area contributed by atoms with Gasteiger partial charge in [-0.1, -0.05) is 41.9 Å². The zero-order valence-corrected chi connectivity index (χ0v) is 14.3. The van der Waals surface area contributed by atoms with Crippen LogP contribution >= 0.6 is 11.6 Å². The average molecular weight is 341 g/mol. The highest BCUT2D eigenvalue weighted by Gasteiger charge is 2.56. The predicted octanol–water partition coefficient (Wildman–Crippen LogP) is 3.83. The average Bonchev–Trinajstić information content (AvgIpc) is 3.50. The van der Waals surface area contributed by atoms with Crippen molar-refractivity contribution >= 4 is 17.3 Å². The first-order valence-electron chi connectivity index (χ1n) is 8.92. The van der Waals surface area contributed by atoms with E-state index in [2.05, 4.69) is 40.2 Å². The van der Waals surface area contributed by atoms with Gasteiger partial charge in [0, 0.05) is 19.3 Å². The normalized spacial score (nSPS) is 28.0. The van der Waals surface area contributed by atoms with Gasteiger partial charge in [-0.05, 0) is 54.1 Å². The van der Waals surface area contributed by atoms with Crippen LogP contribution in [0.2, 0.25) is 5.02 Å². The van der Waals surface area contributed by atoms with Crippen molar-refractivity contribution in [3.8, 4) is 0 Å². The minimum atomic E-state index is -0.161. The van der Waals surface area contributed by atoms with Crippen molar-refractivity contribution in [2.75, 3.05) is 18.0 Å². The Labute approximate surface area is 146 Å². The number of anilines is 1. The number of halogens is 1. The molecule has 4 heteroatoms. The van der Waals surface area contributed by atoms with Crippen molar-refractivity contribution in [2.45, 2.75) is 25.2 Å². The minimum absolute atomic E-state index is 0.161. The number of aromatic nitrogens is 1. The van der Waals surface area contributed by atoms with Crippen molar-refractivity contribution < 1.29 is 0 Å². The Morgan fingerprint density at radius 1 is 1.12 bits per heavy atom. The van der Waals surface area contributed by atoms with Crippen LogP contribution in [0.15, 0.2) is 41.3 Å². The second kappa shape index (κ2) is 5.38. The Morgan fingerprint density at radius 3 is 2.50 bits per heavy atom. The lowest BCUT2D eigenvalue weighted by atomic mass is 10.1. The molecule has 2 aliphatic carbocycles. The third kappa shape index (κ3) is 2.37. The Morgan fingerprint density at radius 2 is 1.83 bits per heavy atom. The number of nitrogens with zero attached hydrogens (tertiary/aromatic N) is 1. The zero-order valence-electron chi connectivity index (χ0n) is 13.5. The molecule has 0 radical (unpaired) electrons. The van der Waals surface area contributed by atoms with Gasteiger partial charge in [0.15, 0.2) is 0 Å². The first-order chi connectivity index (χ1) is 11.7. The van der Waals surface area contributed by atoms with Gasteiger partial charge >= 0.3 is 0 Å². The van der Waals surface area contributed by atoms with Crippen LogP contribution in [0.4, 0.5) is 5.69 Å². The molecule has 1 saturated heterocycles. The molecule has 0 bridgehead atoms. The molecule has 2 heterocycles. The van der Waals surface area contributed by atoms with E-state index in [1.807, 2.05) is 6.20 Å². The molecule has 1 aliphatic heterocycles. The lowest BCUT2D eigenvalue weighted by Gasteiger charge is -2.25. The van der Waals surface area contributed by atoms with E-state index in [1.165, 1.54) is 24.0 Å². The van der Waals surface area contributed by atoms with Crippen molar-refractivity contribution in [3.05, 3.63) is 63.0 Å². The summed E-state index contributed by atoms with van der Waals surface area (Å²) in [5.74, 6) is 2.88. The van der Waals surface area contributed by atoms with Crippen LogP contribution in [-0.4, -0.2) is 18.1 Å². The van der Waals surface area contributed by atoms with Gasteiger partial charge in [0.25, 0.3) is 5.56 Å². The molecule has 24 heavy (non-hydrogen) atoms. The third-order valence-corrected chi connectivity index (χ3v) is 6.34. The SMILES string of the molecule is O=c1[nH]cc(CC2CC2)c(N2CC3C(C2)C3c2ccccc2)c1Cl. The lowest BCUT2D eigenvalue weighted by Crippen LogP contribution is -2.27. The smallest absolute Gasteiger partial charge is 0.268 e. The molecule has 0 amide bonds. The predicted molar refractivity (Wildman–Crippen MR) is 96.9 cm³/mol. The number of piperidine rings is 1. The Hall–Kier alpha value is -1.74. The fourth-order valence-electron chi connectivity index (χ4n) is 4.54. The van der Waals surface area contributed by atoms with Crippen LogP contribution in [-0.2, 0) is 6.42 Å². The van der Waals surface area contributed by atoms with Gasteiger partial charge in [0.2, 0.25) is 0 Å². The van der Waals surface area contributed by atoms with E-state index in [-0.39, 0.29) is 5.56 Å². The van der Waals surface area contributed by atoms with Crippen molar-refractivity contribution in [3.63, 3.8) is 0 Å². The lowest BCUT2D eigenvalue weighted by molar-refractivity contribution is 0.741. The standard InChI is InChI=1S/C20H21ClN2O/c21-18-19(14(8-12-6-7-12)9-22-20(18)24)23-10-15-16(11-23)17(15)13-4-2-1-3-5-13/h1-5,9,12,15-17H,6-8,10-11H2,(H,22,24). The second-order valence-electron chi connectivity index (χ2n) is 7.62. The number of hydrogen-bond donors (Lipinski definition) is 1. The number of aromatic amines is 1. The van der Waals surface area contributed by atoms with Crippen molar-refractivity contribution in [1.29, 1.82) is 0 Å². The molecule has 2 unspecified atom stereocenters. The van der Waals surface area contributed by atoms with E-state index in [9.17, 15) is 4.79 Å². The molecular weight excluding hydrogens is 320 g/mol. The Balaban J connectivity index is 1.39. The number of benzene rings is 1. The van der Waals surface area contributed by atoms with E-state index in [0.717, 1.165) is 31.1 Å². The molecule has 0 spiro atoms. The highest BCUT2D eigenvalue weighted by molar-refractivity contribution is 6.33. The summed E-state index contributed by atoms with van der Waals surface area (Å²) in [4.78, 5) is 17.2. The monoisotopic (exact) mass is 340 g/mol. The van der Waals surface area contributed by atoms with Crippen LogP contribution in [0.3, 0.4) is 0 Å². The summed E-state index contributed by atoms with van der Waals surface area (Å²) in [6.45, 7) is 2.04. The maximum Gasteiger partial charge on any atom is 0.268 e. The van der Waals surface area contributed by atoms with Crippen LogP contribution in [0.5, 0.6) is 0 Å². The second-order valence-corrected chi connectivity index (χ2v) is 8.00. The largest absolute Gasteiger partial charge is 0.369 e. The fraction of sp³-hybridized carbons (Fsp3) is 0.450. The van der Waals surface area contributed by atoms with Gasteiger partial charge < -0.3 is 9.88 Å². The molecule has 3 nitrogen and oxygen atoms in total. The molecule has 5 rings (SSSR count). The first kappa shape index (κ1) is 14.6. The summed E-state index contributed by atoms with van der Waals surface area (Å²) in [5, 5.41) is 0.380. The molecule has 3 fully saturated rings. The summed E-state index contributed by atoms with van der Waals surface area (Å²) in [7, 11) is 0. The van der Waals surface area contributed by atoms with Gasteiger partial charge in [0.1, 0.15) is 5.02 Å². The molecule has 3 aliphatic rings. The maximum absolute atomic E-state index is 12.0. The summed E-state index contributed by atoms with van der Waals surface area (Å²) in [6.07, 6.45) is 5.54. The quantitative estimate of drug-likeness (QED) is 0.918. The Kier molecular flexibility index (Phi) is 3.27. The summed E-state index contributed by atoms with van der Waals surface area (Å²) < 4.78 is 0. The number of nitrogens with one attached hydrogen (secondary N) is 1. The summed E-state index contributed by atoms with van der Waals surface area (Å²) in [5.41, 5.74) is 3.53. The van der Waals surface area contributed by atoms with Gasteiger partial charge in [-0.25, -0.2) is 0 Å². The van der Waals surface area contributed by atoms with Crippen molar-refractivity contribution in [1.82, 2.24) is 4.98 Å². The molecule has 2 saturated carbocycles. The van der Waals surface area contributed by atoms with Gasteiger partial charge in [-0.15, -0.1) is 0 Å². The van der Waals surface area contributed by atoms with Gasteiger partial charge in [-0.2, -0.15) is 0 Å².